The van der Waals surface area contributed by atoms with Crippen LogP contribution in [-0.2, 0) is 63.6 Å². The van der Waals surface area contributed by atoms with Gasteiger partial charge in [0.15, 0.2) is 30.7 Å². The number of guanidine groups is 2. The molecule has 7 heterocycles. The van der Waals surface area contributed by atoms with Gasteiger partial charge in [-0.25, -0.2) is 4.99 Å². The second kappa shape index (κ2) is 33.1. The van der Waals surface area contributed by atoms with Gasteiger partial charge in [0, 0.05) is 25.3 Å². The molecule has 2 unspecified atom stereocenters. The molecule has 1 saturated carbocycles. The Bertz CT molecular complexity index is 3160. The molecule has 0 spiro atoms. The summed E-state index contributed by atoms with van der Waals surface area (Å²) in [5.41, 5.74) is 12.9. The topological polar surface area (TPSA) is 574 Å². The number of carbonyl (C=O) groups excluding carboxylic acids is 6. The van der Waals surface area contributed by atoms with E-state index < -0.39 is 239 Å². The molecule has 8 aliphatic rings. The van der Waals surface area contributed by atoms with Crippen molar-refractivity contribution in [1.29, 1.82) is 0 Å². The summed E-state index contributed by atoms with van der Waals surface area (Å²) in [4.78, 5) is 96.6. The second-order valence-corrected chi connectivity index (χ2v) is 26.0. The van der Waals surface area contributed by atoms with Gasteiger partial charge in [0.1, 0.15) is 121 Å². The normalized spacial score (nSPS) is 38.0. The molecule has 37 nitrogen and oxygen atoms in total. The van der Waals surface area contributed by atoms with Crippen molar-refractivity contribution >= 4 is 47.4 Å². The van der Waals surface area contributed by atoms with Gasteiger partial charge in [-0.1, -0.05) is 81.5 Å². The molecule has 10 rings (SSSR count). The fourth-order valence-corrected chi connectivity index (χ4v) is 13.6. The molecular formula is C62H90N12O25. The van der Waals surface area contributed by atoms with Crippen LogP contribution in [0, 0.1) is 5.92 Å². The van der Waals surface area contributed by atoms with Gasteiger partial charge < -0.3 is 148 Å². The molecule has 1 aliphatic carbocycles. The first-order chi connectivity index (χ1) is 47.4. The third kappa shape index (κ3) is 17.1. The van der Waals surface area contributed by atoms with E-state index in [1.807, 2.05) is 0 Å². The molecule has 548 valence electrons. The average Bonchev–Trinajstić information content (AvgIpc) is 1.76. The second-order valence-electron chi connectivity index (χ2n) is 26.0. The van der Waals surface area contributed by atoms with Gasteiger partial charge in [0.2, 0.25) is 41.7 Å². The molecule has 7 aliphatic heterocycles. The third-order valence-electron chi connectivity index (χ3n) is 19.3. The zero-order valence-electron chi connectivity index (χ0n) is 53.9. The monoisotopic (exact) mass is 1400 g/mol. The van der Waals surface area contributed by atoms with Crippen LogP contribution in [0.1, 0.15) is 62.5 Å². The van der Waals surface area contributed by atoms with Crippen molar-refractivity contribution in [3.05, 3.63) is 65.7 Å². The van der Waals surface area contributed by atoms with Crippen molar-refractivity contribution in [3.63, 3.8) is 0 Å². The number of nitrogens with two attached hydrogens (primary N) is 2. The van der Waals surface area contributed by atoms with Crippen LogP contribution in [-0.4, -0.2) is 312 Å². The lowest BCUT2D eigenvalue weighted by molar-refractivity contribution is -0.382. The van der Waals surface area contributed by atoms with Crippen LogP contribution >= 0.6 is 0 Å². The summed E-state index contributed by atoms with van der Waals surface area (Å²) in [6, 6.07) is 1.02. The van der Waals surface area contributed by atoms with Gasteiger partial charge in [-0.05, 0) is 29.2 Å². The van der Waals surface area contributed by atoms with Crippen LogP contribution in [0.2, 0.25) is 0 Å². The number of hydrogen-bond donors (Lipinski definition) is 21. The number of amides is 6. The standard InChI is InChI=1S/C62H90N12O25/c1-25(28-10-6-3-7-11-28)39-55(90)68-30(16-27-12-14-29(15-13-27)94-59-49(86)46(83)51(35(23-77)96-59)99-60-50(87)47(84)52-36(97-60)24-93-38(98-52)17-26-8-4-2-5-9-26)54(89)72-40(42(79)31-18-66-61(63)70-31)57(92)73-41(56(91)69-32(21-75)53(88)65-20-37(78)71-39)43(80)33-19-67-62(64)74(33)58-48(85)45(82)44(81)34(22-76)95-58/h3,6-7,10-15,25-26,30-36,38-52,58-60,75-77,79-87H,2,4-5,8-9,16-24H2,1H3,(H2,64,67)(H,65,88)(H,68,90)(H,69,91)(H,71,78)(H,72,89)(H,73,92)(H3,63,66,70)/t25-,30+,31-,32-,33-,34+,35+,36+,38?,39?,40-,41+,42-,43-,44+,45-,46+,47+,48-,49-,50-,51+,52+,58-,59-,60+/m0/s1. The highest BCUT2D eigenvalue weighted by Crippen LogP contribution is 2.37. The highest BCUT2D eigenvalue weighted by molar-refractivity contribution is 5.98. The van der Waals surface area contributed by atoms with E-state index in [0.717, 1.165) is 37.0 Å². The number of hydrogen-bond acceptors (Lipinski definition) is 31. The van der Waals surface area contributed by atoms with Crippen molar-refractivity contribution in [2.75, 3.05) is 46.1 Å². The molecule has 6 amide bonds. The predicted molar refractivity (Wildman–Crippen MR) is 336 cm³/mol. The quantitative estimate of drug-likeness (QED) is 0.0659. The van der Waals surface area contributed by atoms with Gasteiger partial charge in [-0.3, -0.25) is 33.8 Å². The van der Waals surface area contributed by atoms with E-state index in [9.17, 15) is 80.5 Å². The Labute approximate surface area is 566 Å². The molecule has 6 fully saturated rings. The Balaban J connectivity index is 0.902. The van der Waals surface area contributed by atoms with E-state index in [1.165, 1.54) is 24.3 Å². The van der Waals surface area contributed by atoms with Gasteiger partial charge in [0.05, 0.1) is 51.6 Å². The van der Waals surface area contributed by atoms with E-state index in [-0.39, 0.29) is 30.4 Å². The van der Waals surface area contributed by atoms with Gasteiger partial charge >= 0.3 is 0 Å². The van der Waals surface area contributed by atoms with Crippen LogP contribution in [0.15, 0.2) is 64.6 Å². The number of nitrogens with zero attached hydrogens (tertiary/aromatic N) is 3. The van der Waals surface area contributed by atoms with Crippen molar-refractivity contribution in [3.8, 4) is 5.75 Å². The van der Waals surface area contributed by atoms with Crippen molar-refractivity contribution in [1.82, 2.24) is 42.1 Å². The minimum Gasteiger partial charge on any atom is -0.462 e. The molecule has 0 bridgehead atoms. The average molecular weight is 1400 g/mol. The lowest BCUT2D eigenvalue weighted by atomic mass is 9.86. The first-order valence-electron chi connectivity index (χ1n) is 33.0. The number of nitrogens with one attached hydrogen (secondary N) is 7. The number of ether oxygens (including phenoxy) is 7. The molecular weight excluding hydrogens is 1310 g/mol. The summed E-state index contributed by atoms with van der Waals surface area (Å²) >= 11 is 0. The summed E-state index contributed by atoms with van der Waals surface area (Å²) < 4.78 is 41.6. The van der Waals surface area contributed by atoms with Crippen LogP contribution in [0.25, 0.3) is 0 Å². The van der Waals surface area contributed by atoms with Crippen LogP contribution in [0.5, 0.6) is 5.75 Å². The largest absolute Gasteiger partial charge is 0.462 e. The fraction of sp³-hybridized carbons (Fsp3) is 0.677. The summed E-state index contributed by atoms with van der Waals surface area (Å²) in [7, 11) is 0. The van der Waals surface area contributed by atoms with E-state index in [2.05, 4.69) is 47.2 Å². The van der Waals surface area contributed by atoms with Gasteiger partial charge in [-0.15, -0.1) is 0 Å². The molecule has 99 heavy (non-hydrogen) atoms. The van der Waals surface area contributed by atoms with Gasteiger partial charge in [-0.2, -0.15) is 0 Å². The highest BCUT2D eigenvalue weighted by Gasteiger charge is 2.55. The number of fused-ring (bicyclic) bond motifs is 1. The number of aliphatic imine (C=N–C) groups is 2. The molecule has 0 radical (unpaired) electrons. The molecule has 0 aromatic heterocycles. The van der Waals surface area contributed by atoms with E-state index >= 15 is 9.59 Å². The third-order valence-corrected chi connectivity index (χ3v) is 19.3. The van der Waals surface area contributed by atoms with Crippen molar-refractivity contribution < 1.29 is 123 Å². The first-order valence-corrected chi connectivity index (χ1v) is 33.0. The lowest BCUT2D eigenvalue weighted by Gasteiger charge is -2.49. The maximum absolute atomic E-state index is 15.2. The minimum absolute atomic E-state index is 0.00845. The summed E-state index contributed by atoms with van der Waals surface area (Å²) in [5.74, 6) is -8.47. The molecule has 23 N–H and O–H groups in total. The lowest BCUT2D eigenvalue weighted by Crippen LogP contribution is -2.70. The first kappa shape index (κ1) is 74.6. The SMILES string of the molecule is C[C@@H](c1ccccc1)C1NC(=O)CNC(=O)[C@H](CO)NC(=O)[C@@H]([C@@H](O)[C@@H]2CN=C(N)N2[C@H]2O[C@H](CO)[C@@H](O)[C@H](O)[C@@H]2O)NC(=O)[C@H]([C@@H](O)[C@@H]2CNC(N)=N2)NC(=O)[C@@H](Cc2ccc(O[C@H]3O[C@H](CO)[C@@H](O[C@H]4O[C@@H]5COC(CC6CCCCC6)O[C@H]5[C@H](O)[C@@H]4O)[C@H](O)[C@@H]3O)cc2)NC1=O. The zero-order chi connectivity index (χ0) is 71.1. The van der Waals surface area contributed by atoms with Crippen molar-refractivity contribution in [2.24, 2.45) is 27.4 Å². The summed E-state index contributed by atoms with van der Waals surface area (Å²) in [5, 5.41) is 151. The minimum atomic E-state index is -2.34. The number of benzene rings is 2. The molecule has 2 aromatic rings. The Morgan fingerprint density at radius 2 is 1.29 bits per heavy atom. The van der Waals surface area contributed by atoms with Crippen LogP contribution in [0.3, 0.4) is 0 Å². The Morgan fingerprint density at radius 3 is 1.97 bits per heavy atom. The van der Waals surface area contributed by atoms with Crippen LogP contribution in [0.4, 0.5) is 0 Å². The number of aliphatic hydroxyl groups excluding tert-OH is 12. The zero-order valence-corrected chi connectivity index (χ0v) is 53.9. The number of rotatable bonds is 18. The van der Waals surface area contributed by atoms with Crippen molar-refractivity contribution in [2.45, 2.75) is 211 Å². The molecule has 2 aromatic carbocycles. The van der Waals surface area contributed by atoms with Gasteiger partial charge in [0.25, 0.3) is 0 Å². The Hall–Kier alpha value is -7.12. The Kier molecular flexibility index (Phi) is 24.9. The fourth-order valence-electron chi connectivity index (χ4n) is 13.6. The van der Waals surface area contributed by atoms with E-state index in [0.29, 0.717) is 17.9 Å². The predicted octanol–water partition coefficient (Wildman–Crippen LogP) is -10.3. The maximum atomic E-state index is 15.2. The molecule has 5 saturated heterocycles. The van der Waals surface area contributed by atoms with E-state index in [1.54, 1.807) is 37.3 Å². The summed E-state index contributed by atoms with van der Waals surface area (Å²) in [6.45, 7) is -2.98. The molecule has 37 heteroatoms. The number of aliphatic hydroxyl groups is 12. The highest BCUT2D eigenvalue weighted by atomic mass is 16.8. The van der Waals surface area contributed by atoms with Crippen LogP contribution < -0.4 is 53.4 Å². The summed E-state index contributed by atoms with van der Waals surface area (Å²) in [6.07, 6.45) is -23.9. The molecule has 26 atom stereocenters. The maximum Gasteiger partial charge on any atom is 0.246 e. The Morgan fingerprint density at radius 1 is 0.636 bits per heavy atom. The number of carbonyl (C=O) groups is 6. The van der Waals surface area contributed by atoms with E-state index in [4.69, 9.17) is 44.6 Å². The smallest absolute Gasteiger partial charge is 0.246 e.